The summed E-state index contributed by atoms with van der Waals surface area (Å²) in [5.74, 6) is 2.14. The molecule has 27 heavy (non-hydrogen) atoms. The average Bonchev–Trinajstić information content (AvgIpc) is 2.68. The highest BCUT2D eigenvalue weighted by Crippen LogP contribution is 2.26. The normalized spacial score (nSPS) is 20.3. The summed E-state index contributed by atoms with van der Waals surface area (Å²) in [4.78, 5) is 11.4. The third-order valence-corrected chi connectivity index (χ3v) is 4.97. The molecule has 2 heterocycles. The number of rotatable bonds is 4. The van der Waals surface area contributed by atoms with Crippen LogP contribution >= 0.6 is 0 Å². The molecule has 1 N–H and O–H groups in total. The van der Waals surface area contributed by atoms with Gasteiger partial charge < -0.3 is 4.90 Å². The second-order valence-corrected chi connectivity index (χ2v) is 7.56. The molecule has 1 aliphatic rings. The van der Waals surface area contributed by atoms with Crippen LogP contribution in [0, 0.1) is 11.8 Å². The smallest absolute Gasteiger partial charge is 0.165 e. The standard InChI is InChI=1S/C22H25N5/c1-16-11-17(2)15-27(14-16)19-9-7-18(8-10-19)12-24-26-22-13-23-20-5-3-4-6-21(20)25-22/h3-10,12-13,16-17H,11,14-15H2,1-2H3,(H,25,26). The molecule has 3 aromatic rings. The molecular weight excluding hydrogens is 334 g/mol. The highest BCUT2D eigenvalue weighted by molar-refractivity contribution is 5.81. The fourth-order valence-corrected chi connectivity index (χ4v) is 3.83. The maximum Gasteiger partial charge on any atom is 0.165 e. The van der Waals surface area contributed by atoms with Crippen molar-refractivity contribution in [1.82, 2.24) is 9.97 Å². The molecule has 138 valence electrons. The monoisotopic (exact) mass is 359 g/mol. The average molecular weight is 359 g/mol. The third kappa shape index (κ3) is 4.25. The minimum Gasteiger partial charge on any atom is -0.371 e. The predicted octanol–water partition coefficient (Wildman–Crippen LogP) is 4.56. The number of hydrazone groups is 1. The molecular formula is C22H25N5. The van der Waals surface area contributed by atoms with Crippen LogP contribution in [0.4, 0.5) is 11.5 Å². The number of anilines is 2. The summed E-state index contributed by atoms with van der Waals surface area (Å²) < 4.78 is 0. The molecule has 2 unspecified atom stereocenters. The second kappa shape index (κ2) is 7.74. The number of aromatic nitrogens is 2. The van der Waals surface area contributed by atoms with Crippen molar-refractivity contribution in [1.29, 1.82) is 0 Å². The minimum atomic E-state index is 0.637. The summed E-state index contributed by atoms with van der Waals surface area (Å²) in [7, 11) is 0. The number of benzene rings is 2. The molecule has 1 aromatic heterocycles. The molecule has 1 saturated heterocycles. The summed E-state index contributed by atoms with van der Waals surface area (Å²) in [6.45, 7) is 6.95. The fourth-order valence-electron chi connectivity index (χ4n) is 3.83. The minimum absolute atomic E-state index is 0.637. The quantitative estimate of drug-likeness (QED) is 0.548. The van der Waals surface area contributed by atoms with Crippen molar-refractivity contribution in [3.63, 3.8) is 0 Å². The Morgan fingerprint density at radius 3 is 2.44 bits per heavy atom. The van der Waals surface area contributed by atoms with Crippen molar-refractivity contribution in [3.8, 4) is 0 Å². The Balaban J connectivity index is 1.40. The molecule has 0 radical (unpaired) electrons. The number of hydrogen-bond acceptors (Lipinski definition) is 5. The molecule has 4 rings (SSSR count). The van der Waals surface area contributed by atoms with E-state index in [1.54, 1.807) is 6.20 Å². The highest BCUT2D eigenvalue weighted by atomic mass is 15.3. The zero-order valence-corrected chi connectivity index (χ0v) is 15.8. The van der Waals surface area contributed by atoms with Crippen LogP contribution in [0.3, 0.4) is 0 Å². The van der Waals surface area contributed by atoms with E-state index in [4.69, 9.17) is 0 Å². The molecule has 2 atom stereocenters. The van der Waals surface area contributed by atoms with Gasteiger partial charge in [-0.05, 0) is 48.1 Å². The van der Waals surface area contributed by atoms with Crippen LogP contribution in [0.1, 0.15) is 25.8 Å². The summed E-state index contributed by atoms with van der Waals surface area (Å²) in [6, 6.07) is 16.4. The number of nitrogens with one attached hydrogen (secondary N) is 1. The van der Waals surface area contributed by atoms with Gasteiger partial charge in [0.25, 0.3) is 0 Å². The van der Waals surface area contributed by atoms with Crippen LogP contribution in [0.2, 0.25) is 0 Å². The maximum absolute atomic E-state index is 4.50. The van der Waals surface area contributed by atoms with Crippen molar-refractivity contribution >= 4 is 28.8 Å². The van der Waals surface area contributed by atoms with E-state index < -0.39 is 0 Å². The Labute approximate surface area is 160 Å². The molecule has 5 nitrogen and oxygen atoms in total. The summed E-state index contributed by atoms with van der Waals surface area (Å²) in [5.41, 5.74) is 7.04. The molecule has 1 fully saturated rings. The number of fused-ring (bicyclic) bond motifs is 1. The lowest BCUT2D eigenvalue weighted by Gasteiger charge is -2.36. The van der Waals surface area contributed by atoms with Crippen LogP contribution in [0.25, 0.3) is 11.0 Å². The SMILES string of the molecule is CC1CC(C)CN(c2ccc(C=NNc3cnc4ccccc4n3)cc2)C1. The first-order valence-electron chi connectivity index (χ1n) is 9.53. The van der Waals surface area contributed by atoms with Crippen molar-refractivity contribution < 1.29 is 0 Å². The van der Waals surface area contributed by atoms with Gasteiger partial charge in [0.15, 0.2) is 5.82 Å². The van der Waals surface area contributed by atoms with E-state index in [1.807, 2.05) is 30.5 Å². The predicted molar refractivity (Wildman–Crippen MR) is 112 cm³/mol. The van der Waals surface area contributed by atoms with E-state index in [9.17, 15) is 0 Å². The van der Waals surface area contributed by atoms with Gasteiger partial charge in [0.2, 0.25) is 0 Å². The van der Waals surface area contributed by atoms with E-state index in [-0.39, 0.29) is 0 Å². The van der Waals surface area contributed by atoms with Gasteiger partial charge in [0, 0.05) is 18.8 Å². The topological polar surface area (TPSA) is 53.4 Å². The first kappa shape index (κ1) is 17.5. The maximum atomic E-state index is 4.50. The molecule has 0 amide bonds. The summed E-state index contributed by atoms with van der Waals surface area (Å²) in [6.07, 6.45) is 4.83. The van der Waals surface area contributed by atoms with E-state index >= 15 is 0 Å². The Morgan fingerprint density at radius 1 is 1.00 bits per heavy atom. The highest BCUT2D eigenvalue weighted by Gasteiger charge is 2.21. The van der Waals surface area contributed by atoms with Crippen molar-refractivity contribution in [2.45, 2.75) is 20.3 Å². The Bertz CT molecular complexity index is 925. The van der Waals surface area contributed by atoms with Crippen molar-refractivity contribution in [2.75, 3.05) is 23.4 Å². The number of para-hydroxylation sites is 2. The van der Waals surface area contributed by atoms with Crippen LogP contribution in [0.15, 0.2) is 59.8 Å². The zero-order valence-electron chi connectivity index (χ0n) is 15.8. The largest absolute Gasteiger partial charge is 0.371 e. The molecule has 0 bridgehead atoms. The molecule has 2 aromatic carbocycles. The lowest BCUT2D eigenvalue weighted by Crippen LogP contribution is -2.38. The lowest BCUT2D eigenvalue weighted by atomic mass is 9.91. The van der Waals surface area contributed by atoms with Crippen molar-refractivity contribution in [3.05, 3.63) is 60.3 Å². The van der Waals surface area contributed by atoms with Crippen LogP contribution in [-0.4, -0.2) is 29.3 Å². The summed E-state index contributed by atoms with van der Waals surface area (Å²) in [5, 5.41) is 4.29. The third-order valence-electron chi connectivity index (χ3n) is 4.97. The number of hydrogen-bond donors (Lipinski definition) is 1. The molecule has 5 heteroatoms. The van der Waals surface area contributed by atoms with Gasteiger partial charge in [-0.2, -0.15) is 5.10 Å². The van der Waals surface area contributed by atoms with Gasteiger partial charge >= 0.3 is 0 Å². The van der Waals surface area contributed by atoms with Crippen LogP contribution in [-0.2, 0) is 0 Å². The van der Waals surface area contributed by atoms with Gasteiger partial charge in [-0.1, -0.05) is 38.1 Å². The molecule has 0 saturated carbocycles. The molecule has 1 aliphatic heterocycles. The van der Waals surface area contributed by atoms with Gasteiger partial charge in [0.1, 0.15) is 0 Å². The Morgan fingerprint density at radius 2 is 1.70 bits per heavy atom. The van der Waals surface area contributed by atoms with Crippen LogP contribution < -0.4 is 10.3 Å². The number of nitrogens with zero attached hydrogens (tertiary/aromatic N) is 4. The number of piperidine rings is 1. The Hall–Kier alpha value is -2.95. The zero-order chi connectivity index (χ0) is 18.6. The van der Waals surface area contributed by atoms with Crippen molar-refractivity contribution in [2.24, 2.45) is 16.9 Å². The van der Waals surface area contributed by atoms with E-state index in [1.165, 1.54) is 12.1 Å². The van der Waals surface area contributed by atoms with E-state index in [0.29, 0.717) is 5.82 Å². The van der Waals surface area contributed by atoms with Gasteiger partial charge in [-0.3, -0.25) is 10.4 Å². The van der Waals surface area contributed by atoms with Gasteiger partial charge in [0.05, 0.1) is 23.4 Å². The van der Waals surface area contributed by atoms with Gasteiger partial charge in [-0.15, -0.1) is 0 Å². The first-order chi connectivity index (χ1) is 13.2. The molecule has 0 spiro atoms. The van der Waals surface area contributed by atoms with E-state index in [0.717, 1.165) is 41.5 Å². The Kier molecular flexibility index (Phi) is 5.01. The van der Waals surface area contributed by atoms with Gasteiger partial charge in [-0.25, -0.2) is 4.98 Å². The van der Waals surface area contributed by atoms with E-state index in [2.05, 4.69) is 63.5 Å². The van der Waals surface area contributed by atoms with Crippen LogP contribution in [0.5, 0.6) is 0 Å². The second-order valence-electron chi connectivity index (χ2n) is 7.56. The summed E-state index contributed by atoms with van der Waals surface area (Å²) >= 11 is 0. The lowest BCUT2D eigenvalue weighted by molar-refractivity contribution is 0.357. The molecule has 0 aliphatic carbocycles. The fraction of sp³-hybridized carbons (Fsp3) is 0.318. The first-order valence-corrected chi connectivity index (χ1v) is 9.53.